The molecule has 2 aliphatic rings. The van der Waals surface area contributed by atoms with Crippen molar-refractivity contribution in [1.82, 2.24) is 0 Å². The van der Waals surface area contributed by atoms with E-state index < -0.39 is 39.9 Å². The Morgan fingerprint density at radius 3 is 1.64 bits per heavy atom. The molecule has 5 nitrogen and oxygen atoms in total. The number of aliphatic hydroxyl groups is 1. The van der Waals surface area contributed by atoms with Crippen LogP contribution in [0.2, 0.25) is 0 Å². The molecule has 5 atom stereocenters. The molecule has 0 radical (unpaired) electrons. The van der Waals surface area contributed by atoms with E-state index >= 15 is 0 Å². The molecule has 6 rings (SSSR count). The van der Waals surface area contributed by atoms with Crippen LogP contribution in [0.25, 0.3) is 0 Å². The Bertz CT molecular complexity index is 1310. The summed E-state index contributed by atoms with van der Waals surface area (Å²) < 4.78 is 24.7. The van der Waals surface area contributed by atoms with E-state index in [9.17, 15) is 5.11 Å². The molecular formula is C34H34O5S3. The van der Waals surface area contributed by atoms with Crippen LogP contribution in [0.4, 0.5) is 0 Å². The molecule has 0 spiro atoms. The minimum absolute atomic E-state index is 0.363. The number of aliphatic hydroxyl groups excluding tert-OH is 1. The van der Waals surface area contributed by atoms with Crippen molar-refractivity contribution in [2.45, 2.75) is 75.0 Å². The molecule has 2 saturated heterocycles. The molecule has 2 fully saturated rings. The highest BCUT2D eigenvalue weighted by atomic mass is 32.3. The Kier molecular flexibility index (Phi) is 9.33. The first kappa shape index (κ1) is 29.8. The van der Waals surface area contributed by atoms with E-state index in [1.165, 1.54) is 0 Å². The van der Waals surface area contributed by atoms with Gasteiger partial charge in [-0.25, -0.2) is 0 Å². The Morgan fingerprint density at radius 2 is 1.17 bits per heavy atom. The van der Waals surface area contributed by atoms with Crippen LogP contribution in [0.1, 0.15) is 19.4 Å². The van der Waals surface area contributed by atoms with Crippen LogP contribution in [0.5, 0.6) is 0 Å². The second-order valence-electron chi connectivity index (χ2n) is 10.6. The molecule has 0 bridgehead atoms. The van der Waals surface area contributed by atoms with E-state index in [2.05, 4.69) is 36.4 Å². The minimum Gasteiger partial charge on any atom is -0.387 e. The molecule has 0 amide bonds. The number of hydrogen-bond donors (Lipinski definition) is 1. The van der Waals surface area contributed by atoms with Crippen LogP contribution in [-0.2, 0) is 25.6 Å². The molecular weight excluding hydrogens is 585 g/mol. The van der Waals surface area contributed by atoms with Crippen molar-refractivity contribution >= 4 is 35.3 Å². The Morgan fingerprint density at radius 1 is 0.714 bits per heavy atom. The molecule has 4 aromatic carbocycles. The summed E-state index contributed by atoms with van der Waals surface area (Å²) in [5, 5.41) is 12.6. The zero-order valence-electron chi connectivity index (χ0n) is 23.4. The average Bonchev–Trinajstić information content (AvgIpc) is 3.49. The van der Waals surface area contributed by atoms with Gasteiger partial charge in [0.25, 0.3) is 0 Å². The fraction of sp³-hybridized carbons (Fsp3) is 0.294. The highest BCUT2D eigenvalue weighted by molar-refractivity contribution is 8.33. The normalized spacial score (nSPS) is 23.9. The molecule has 0 saturated carbocycles. The zero-order chi connectivity index (χ0) is 29.0. The SMILES string of the molecule is CC1(C)O[C@H]2O[C@H](C(O)C(Sc3ccccc3)(Sc3ccccc3)Sc3ccccc3)C(OCc3ccccc3)[C@@H]2O1. The van der Waals surface area contributed by atoms with E-state index in [1.54, 1.807) is 35.3 Å². The van der Waals surface area contributed by atoms with E-state index in [-0.39, 0.29) is 0 Å². The van der Waals surface area contributed by atoms with Crippen molar-refractivity contribution in [1.29, 1.82) is 0 Å². The highest BCUT2D eigenvalue weighted by Crippen LogP contribution is 2.59. The highest BCUT2D eigenvalue weighted by Gasteiger charge is 2.60. The molecule has 218 valence electrons. The fourth-order valence-corrected chi connectivity index (χ4v) is 9.98. The largest absolute Gasteiger partial charge is 0.387 e. The molecule has 0 aromatic heterocycles. The summed E-state index contributed by atoms with van der Waals surface area (Å²) in [6, 6.07) is 40.6. The van der Waals surface area contributed by atoms with Gasteiger partial charge >= 0.3 is 0 Å². The second-order valence-corrected chi connectivity index (χ2v) is 15.4. The van der Waals surface area contributed by atoms with Crippen LogP contribution in [-0.4, -0.2) is 45.0 Å². The van der Waals surface area contributed by atoms with Crippen molar-refractivity contribution in [2.24, 2.45) is 0 Å². The first-order chi connectivity index (χ1) is 20.4. The first-order valence-electron chi connectivity index (χ1n) is 14.0. The van der Waals surface area contributed by atoms with Gasteiger partial charge < -0.3 is 24.1 Å². The number of hydrogen-bond acceptors (Lipinski definition) is 8. The lowest BCUT2D eigenvalue weighted by atomic mass is 10.1. The summed E-state index contributed by atoms with van der Waals surface area (Å²) >= 11 is 4.87. The number of thioether (sulfide) groups is 3. The van der Waals surface area contributed by atoms with Crippen molar-refractivity contribution in [3.05, 3.63) is 127 Å². The van der Waals surface area contributed by atoms with Crippen LogP contribution >= 0.6 is 35.3 Å². The maximum absolute atomic E-state index is 12.6. The van der Waals surface area contributed by atoms with Crippen molar-refractivity contribution < 1.29 is 24.1 Å². The third-order valence-corrected chi connectivity index (χ3v) is 11.6. The van der Waals surface area contributed by atoms with Gasteiger partial charge in [0.2, 0.25) is 0 Å². The van der Waals surface area contributed by atoms with Crippen LogP contribution in [0.3, 0.4) is 0 Å². The third-order valence-electron chi connectivity index (χ3n) is 7.00. The van der Waals surface area contributed by atoms with Crippen LogP contribution in [0, 0.1) is 0 Å². The van der Waals surface area contributed by atoms with Gasteiger partial charge in [-0.15, -0.1) is 0 Å². The lowest BCUT2D eigenvalue weighted by Gasteiger charge is -2.40. The summed E-state index contributed by atoms with van der Waals surface area (Å²) in [6.07, 6.45) is -3.41. The van der Waals surface area contributed by atoms with Gasteiger partial charge in [0.05, 0.1) is 6.61 Å². The lowest BCUT2D eigenvalue weighted by Crippen LogP contribution is -2.50. The Balaban J connectivity index is 1.39. The lowest BCUT2D eigenvalue weighted by molar-refractivity contribution is -0.229. The molecule has 0 aliphatic carbocycles. The summed E-state index contributed by atoms with van der Waals surface area (Å²) in [7, 11) is 0. The topological polar surface area (TPSA) is 57.2 Å². The van der Waals surface area contributed by atoms with Gasteiger partial charge in [-0.05, 0) is 55.8 Å². The Labute approximate surface area is 260 Å². The van der Waals surface area contributed by atoms with E-state index in [1.807, 2.05) is 98.8 Å². The smallest absolute Gasteiger partial charge is 0.190 e. The predicted molar refractivity (Wildman–Crippen MR) is 169 cm³/mol. The molecule has 42 heavy (non-hydrogen) atoms. The monoisotopic (exact) mass is 618 g/mol. The molecule has 2 unspecified atom stereocenters. The summed E-state index contributed by atoms with van der Waals surface area (Å²) in [4.78, 5) is 3.12. The zero-order valence-corrected chi connectivity index (χ0v) is 25.9. The molecule has 2 heterocycles. The first-order valence-corrected chi connectivity index (χ1v) is 16.4. The Hall–Kier alpha value is -2.27. The van der Waals surface area contributed by atoms with E-state index in [0.717, 1.165) is 20.2 Å². The molecule has 4 aromatic rings. The maximum atomic E-state index is 12.6. The predicted octanol–water partition coefficient (Wildman–Crippen LogP) is 7.84. The van der Waals surface area contributed by atoms with Gasteiger partial charge in [0.15, 0.2) is 12.1 Å². The average molecular weight is 619 g/mol. The van der Waals surface area contributed by atoms with Gasteiger partial charge in [-0.3, -0.25) is 0 Å². The van der Waals surface area contributed by atoms with Crippen molar-refractivity contribution in [2.75, 3.05) is 0 Å². The van der Waals surface area contributed by atoms with E-state index in [0.29, 0.717) is 6.61 Å². The van der Waals surface area contributed by atoms with Crippen LogP contribution in [0.15, 0.2) is 136 Å². The number of rotatable bonds is 11. The fourth-order valence-electron chi connectivity index (χ4n) is 5.12. The standard InChI is InChI=1S/C34H34O5S3/c1-33(2)38-30-28(36-23-24-15-7-3-8-16-24)29(37-32(30)39-33)31(35)34(40-25-17-9-4-10-18-25,41-26-19-11-5-12-20-26)42-27-21-13-6-14-22-27/h3-22,28-32,35H,23H2,1-2H3/t28?,29-,30-,31?,32+/m0/s1. The third kappa shape index (κ3) is 6.93. The van der Waals surface area contributed by atoms with Gasteiger partial charge in [-0.1, -0.05) is 120 Å². The van der Waals surface area contributed by atoms with Crippen molar-refractivity contribution in [3.8, 4) is 0 Å². The van der Waals surface area contributed by atoms with E-state index in [4.69, 9.17) is 18.9 Å². The molecule has 8 heteroatoms. The number of benzene rings is 4. The quantitative estimate of drug-likeness (QED) is 0.135. The summed E-state index contributed by atoms with van der Waals surface area (Å²) in [5.41, 5.74) is 1.04. The molecule has 1 N–H and O–H groups in total. The minimum atomic E-state index is -1.00. The van der Waals surface area contributed by atoms with Crippen molar-refractivity contribution in [3.63, 3.8) is 0 Å². The number of fused-ring (bicyclic) bond motifs is 1. The van der Waals surface area contributed by atoms with Gasteiger partial charge in [0.1, 0.15) is 27.8 Å². The van der Waals surface area contributed by atoms with Gasteiger partial charge in [-0.2, -0.15) is 0 Å². The summed E-state index contributed by atoms with van der Waals surface area (Å²) in [5.74, 6) is -0.812. The number of ether oxygens (including phenoxy) is 4. The molecule has 2 aliphatic heterocycles. The van der Waals surface area contributed by atoms with Gasteiger partial charge in [0, 0.05) is 14.7 Å². The summed E-state index contributed by atoms with van der Waals surface area (Å²) in [6.45, 7) is 4.11. The van der Waals surface area contributed by atoms with Crippen LogP contribution < -0.4 is 0 Å². The maximum Gasteiger partial charge on any atom is 0.190 e. The second kappa shape index (κ2) is 13.2.